The maximum Gasteiger partial charge on any atom is 0.158 e. The Hall–Kier alpha value is -2.88. The van der Waals surface area contributed by atoms with Gasteiger partial charge in [0.25, 0.3) is 0 Å². The molecule has 1 saturated heterocycles. The Morgan fingerprint density at radius 2 is 2.00 bits per heavy atom. The van der Waals surface area contributed by atoms with E-state index in [9.17, 15) is 0 Å². The maximum absolute atomic E-state index is 4.59. The first-order valence-electron chi connectivity index (χ1n) is 11.5. The average Bonchev–Trinajstić information content (AvgIpc) is 3.49. The van der Waals surface area contributed by atoms with Gasteiger partial charge in [-0.25, -0.2) is 9.50 Å². The van der Waals surface area contributed by atoms with Crippen LogP contribution < -0.4 is 10.6 Å². The largest absolute Gasteiger partial charge is 0.338 e. The molecule has 1 fully saturated rings. The van der Waals surface area contributed by atoms with Crippen LogP contribution >= 0.6 is 11.3 Å². The highest BCUT2D eigenvalue weighted by Gasteiger charge is 2.20. The van der Waals surface area contributed by atoms with Crippen molar-refractivity contribution < 1.29 is 0 Å². The lowest BCUT2D eigenvalue weighted by molar-refractivity contribution is 0.195. The van der Waals surface area contributed by atoms with Crippen molar-refractivity contribution in [2.45, 2.75) is 45.2 Å². The Balaban J connectivity index is 1.39. The summed E-state index contributed by atoms with van der Waals surface area (Å²) in [5.74, 6) is 1.19. The van der Waals surface area contributed by atoms with E-state index in [1.165, 1.54) is 18.4 Å². The minimum absolute atomic E-state index is 0.378. The SMILES string of the molecule is CNC1CCN(Cc2ccn3ncnc(Nc4cccc(-c5nnc(C(C)C)s5)c4)c23)CC1. The van der Waals surface area contributed by atoms with E-state index >= 15 is 0 Å². The molecule has 0 spiro atoms. The Morgan fingerprint density at radius 3 is 2.76 bits per heavy atom. The molecule has 172 valence electrons. The highest BCUT2D eigenvalue weighted by atomic mass is 32.1. The van der Waals surface area contributed by atoms with Gasteiger partial charge < -0.3 is 10.6 Å². The molecule has 33 heavy (non-hydrogen) atoms. The number of nitrogens with zero attached hydrogens (tertiary/aromatic N) is 6. The van der Waals surface area contributed by atoms with E-state index in [1.807, 2.05) is 16.8 Å². The number of benzene rings is 1. The van der Waals surface area contributed by atoms with Gasteiger partial charge in [-0.05, 0) is 56.7 Å². The number of likely N-dealkylation sites (tertiary alicyclic amines) is 1. The molecule has 9 heteroatoms. The molecular formula is C24H30N8S. The Labute approximate surface area is 198 Å². The van der Waals surface area contributed by atoms with Crippen molar-refractivity contribution in [1.82, 2.24) is 35.0 Å². The molecule has 0 amide bonds. The number of nitrogens with one attached hydrogen (secondary N) is 2. The fourth-order valence-electron chi connectivity index (χ4n) is 4.31. The van der Waals surface area contributed by atoms with Crippen LogP contribution in [0, 0.1) is 0 Å². The van der Waals surface area contributed by atoms with Crippen LogP contribution in [0.25, 0.3) is 16.1 Å². The van der Waals surface area contributed by atoms with Crippen LogP contribution in [0.3, 0.4) is 0 Å². The molecular weight excluding hydrogens is 432 g/mol. The van der Waals surface area contributed by atoms with Crippen LogP contribution in [-0.2, 0) is 6.54 Å². The number of fused-ring (bicyclic) bond motifs is 1. The molecule has 0 bridgehead atoms. The summed E-state index contributed by atoms with van der Waals surface area (Å²) in [4.78, 5) is 7.10. The maximum atomic E-state index is 4.59. The van der Waals surface area contributed by atoms with E-state index in [4.69, 9.17) is 0 Å². The molecule has 0 radical (unpaired) electrons. The lowest BCUT2D eigenvalue weighted by Crippen LogP contribution is -2.40. The minimum atomic E-state index is 0.378. The van der Waals surface area contributed by atoms with Crippen molar-refractivity contribution in [3.8, 4) is 10.6 Å². The summed E-state index contributed by atoms with van der Waals surface area (Å²) in [6.07, 6.45) is 5.98. The number of hydrogen-bond acceptors (Lipinski definition) is 8. The molecule has 2 N–H and O–H groups in total. The standard InChI is InChI=1S/C24H30N8S/c1-16(2)23-29-30-24(33-23)17-5-4-6-20(13-17)28-22-21-18(7-12-32(21)27-15-26-22)14-31-10-8-19(25-3)9-11-31/h4-7,12-13,15-16,19,25H,8-11,14H2,1-3H3,(H,26,27,28). The van der Waals surface area contributed by atoms with Crippen molar-refractivity contribution in [2.24, 2.45) is 0 Å². The van der Waals surface area contributed by atoms with Gasteiger partial charge in [0.15, 0.2) is 5.82 Å². The molecule has 1 aliphatic rings. The van der Waals surface area contributed by atoms with E-state index in [0.29, 0.717) is 12.0 Å². The second kappa shape index (κ2) is 9.54. The summed E-state index contributed by atoms with van der Waals surface area (Å²) in [7, 11) is 2.06. The molecule has 5 rings (SSSR count). The van der Waals surface area contributed by atoms with Crippen LogP contribution in [0.2, 0.25) is 0 Å². The van der Waals surface area contributed by atoms with E-state index in [2.05, 4.69) is 81.0 Å². The number of aromatic nitrogens is 5. The zero-order chi connectivity index (χ0) is 22.8. The molecule has 1 aromatic carbocycles. The average molecular weight is 463 g/mol. The fraction of sp³-hybridized carbons (Fsp3) is 0.417. The number of anilines is 2. The summed E-state index contributed by atoms with van der Waals surface area (Å²) in [5.41, 5.74) is 4.29. The van der Waals surface area contributed by atoms with Crippen LogP contribution in [0.5, 0.6) is 0 Å². The second-order valence-electron chi connectivity index (χ2n) is 8.89. The summed E-state index contributed by atoms with van der Waals surface area (Å²) in [6, 6.07) is 11.1. The lowest BCUT2D eigenvalue weighted by Gasteiger charge is -2.31. The second-order valence-corrected chi connectivity index (χ2v) is 9.90. The van der Waals surface area contributed by atoms with Gasteiger partial charge >= 0.3 is 0 Å². The van der Waals surface area contributed by atoms with Gasteiger partial charge in [-0.1, -0.05) is 37.3 Å². The highest BCUT2D eigenvalue weighted by molar-refractivity contribution is 7.14. The Kier molecular flexibility index (Phi) is 6.34. The van der Waals surface area contributed by atoms with E-state index < -0.39 is 0 Å². The van der Waals surface area contributed by atoms with Crippen molar-refractivity contribution in [3.63, 3.8) is 0 Å². The Morgan fingerprint density at radius 1 is 1.15 bits per heavy atom. The van der Waals surface area contributed by atoms with Crippen molar-refractivity contribution in [2.75, 3.05) is 25.5 Å². The van der Waals surface area contributed by atoms with E-state index in [0.717, 1.165) is 52.2 Å². The summed E-state index contributed by atoms with van der Waals surface area (Å²) >= 11 is 1.65. The zero-order valence-electron chi connectivity index (χ0n) is 19.3. The molecule has 0 atom stereocenters. The first-order chi connectivity index (χ1) is 16.1. The number of rotatable bonds is 7. The predicted octanol–water partition coefficient (Wildman–Crippen LogP) is 4.30. The van der Waals surface area contributed by atoms with Gasteiger partial charge in [-0.15, -0.1) is 10.2 Å². The third-order valence-electron chi connectivity index (χ3n) is 6.23. The van der Waals surface area contributed by atoms with Gasteiger partial charge in [0.05, 0.1) is 0 Å². The highest BCUT2D eigenvalue weighted by Crippen LogP contribution is 2.31. The fourth-order valence-corrected chi connectivity index (χ4v) is 5.15. The van der Waals surface area contributed by atoms with Gasteiger partial charge in [0, 0.05) is 36.0 Å². The molecule has 8 nitrogen and oxygen atoms in total. The smallest absolute Gasteiger partial charge is 0.158 e. The summed E-state index contributed by atoms with van der Waals surface area (Å²) in [5, 5.41) is 22.1. The topological polar surface area (TPSA) is 83.3 Å². The lowest BCUT2D eigenvalue weighted by atomic mass is 10.0. The Bertz CT molecular complexity index is 1220. The number of hydrogen-bond donors (Lipinski definition) is 2. The molecule has 3 aromatic heterocycles. The van der Waals surface area contributed by atoms with Gasteiger partial charge in [0.2, 0.25) is 0 Å². The van der Waals surface area contributed by atoms with Gasteiger partial charge in [-0.3, -0.25) is 4.90 Å². The van der Waals surface area contributed by atoms with E-state index in [-0.39, 0.29) is 0 Å². The van der Waals surface area contributed by atoms with Crippen LogP contribution in [-0.4, -0.2) is 55.9 Å². The molecule has 1 aliphatic heterocycles. The van der Waals surface area contributed by atoms with Crippen LogP contribution in [0.1, 0.15) is 43.2 Å². The van der Waals surface area contributed by atoms with Crippen molar-refractivity contribution >= 4 is 28.4 Å². The van der Waals surface area contributed by atoms with Gasteiger partial charge in [-0.2, -0.15) is 5.10 Å². The number of piperidine rings is 1. The molecule has 0 saturated carbocycles. The monoisotopic (exact) mass is 462 g/mol. The zero-order valence-corrected chi connectivity index (χ0v) is 20.1. The van der Waals surface area contributed by atoms with Crippen LogP contribution in [0.4, 0.5) is 11.5 Å². The van der Waals surface area contributed by atoms with Crippen molar-refractivity contribution in [1.29, 1.82) is 0 Å². The molecule has 4 heterocycles. The third kappa shape index (κ3) is 4.75. The van der Waals surface area contributed by atoms with Gasteiger partial charge in [0.1, 0.15) is 21.9 Å². The predicted molar refractivity (Wildman–Crippen MR) is 133 cm³/mol. The normalized spacial score (nSPS) is 15.5. The minimum Gasteiger partial charge on any atom is -0.338 e. The first kappa shape index (κ1) is 21.9. The van der Waals surface area contributed by atoms with E-state index in [1.54, 1.807) is 17.7 Å². The van der Waals surface area contributed by atoms with Crippen molar-refractivity contribution in [3.05, 3.63) is 53.4 Å². The molecule has 0 unspecified atom stereocenters. The molecule has 0 aliphatic carbocycles. The third-order valence-corrected chi connectivity index (χ3v) is 7.51. The first-order valence-corrected chi connectivity index (χ1v) is 12.3. The quantitative estimate of drug-likeness (QED) is 0.424. The molecule has 4 aromatic rings. The van der Waals surface area contributed by atoms with Crippen LogP contribution in [0.15, 0.2) is 42.9 Å². The summed E-state index contributed by atoms with van der Waals surface area (Å²) < 4.78 is 1.91. The summed E-state index contributed by atoms with van der Waals surface area (Å²) in [6.45, 7) is 7.38.